The lowest BCUT2D eigenvalue weighted by Crippen LogP contribution is -2.15. The maximum Gasteiger partial charge on any atom is 0.341 e. The number of thioether (sulfide) groups is 1. The number of nitrogens with one attached hydrogen (secondary N) is 1. The lowest BCUT2D eigenvalue weighted by molar-refractivity contribution is -0.113. The van der Waals surface area contributed by atoms with Crippen LogP contribution in [0.15, 0.2) is 39.7 Å². The van der Waals surface area contributed by atoms with Crippen LogP contribution in [0.3, 0.4) is 0 Å². The minimum atomic E-state index is -0.401. The molecule has 0 radical (unpaired) electrons. The summed E-state index contributed by atoms with van der Waals surface area (Å²) in [5.74, 6) is 0.0110. The van der Waals surface area contributed by atoms with Gasteiger partial charge in [0.2, 0.25) is 5.91 Å². The Balaban J connectivity index is 2.05. The van der Waals surface area contributed by atoms with E-state index in [2.05, 4.69) is 35.1 Å². The maximum atomic E-state index is 12.3. The Morgan fingerprint density at radius 1 is 1.28 bits per heavy atom. The van der Waals surface area contributed by atoms with E-state index in [0.717, 1.165) is 14.2 Å². The van der Waals surface area contributed by atoms with Crippen LogP contribution in [0.1, 0.15) is 41.9 Å². The number of rotatable bonds is 7. The van der Waals surface area contributed by atoms with Crippen LogP contribution in [0.25, 0.3) is 0 Å². The third kappa shape index (κ3) is 5.87. The zero-order chi connectivity index (χ0) is 18.4. The van der Waals surface area contributed by atoms with Gasteiger partial charge in [0.25, 0.3) is 0 Å². The van der Waals surface area contributed by atoms with Gasteiger partial charge in [-0.05, 0) is 43.2 Å². The lowest BCUT2D eigenvalue weighted by Gasteiger charge is -2.06. The van der Waals surface area contributed by atoms with Crippen molar-refractivity contribution in [2.45, 2.75) is 31.6 Å². The first-order valence-corrected chi connectivity index (χ1v) is 10.5. The average Bonchev–Trinajstić information content (AvgIpc) is 2.99. The molecule has 0 spiro atoms. The van der Waals surface area contributed by atoms with Crippen molar-refractivity contribution < 1.29 is 14.3 Å². The fourth-order valence-electron chi connectivity index (χ4n) is 1.99. The van der Waals surface area contributed by atoms with Crippen molar-refractivity contribution in [1.29, 1.82) is 0 Å². The molecule has 1 amide bonds. The van der Waals surface area contributed by atoms with Gasteiger partial charge in [0, 0.05) is 14.2 Å². The monoisotopic (exact) mass is 441 g/mol. The summed E-state index contributed by atoms with van der Waals surface area (Å²) in [5.41, 5.74) is 0.428. The summed E-state index contributed by atoms with van der Waals surface area (Å²) < 4.78 is 6.09. The van der Waals surface area contributed by atoms with Crippen molar-refractivity contribution >= 4 is 55.9 Å². The van der Waals surface area contributed by atoms with E-state index in [4.69, 9.17) is 4.74 Å². The largest absolute Gasteiger partial charge is 0.462 e. The topological polar surface area (TPSA) is 55.4 Å². The first-order valence-electron chi connectivity index (χ1n) is 7.89. The van der Waals surface area contributed by atoms with E-state index in [-0.39, 0.29) is 17.6 Å². The van der Waals surface area contributed by atoms with Crippen LogP contribution in [0.5, 0.6) is 0 Å². The van der Waals surface area contributed by atoms with Crippen molar-refractivity contribution in [3.05, 3.63) is 45.2 Å². The molecule has 1 heterocycles. The van der Waals surface area contributed by atoms with Crippen molar-refractivity contribution in [3.63, 3.8) is 0 Å². The molecule has 0 bridgehead atoms. The first kappa shape index (κ1) is 20.0. The summed E-state index contributed by atoms with van der Waals surface area (Å²) in [4.78, 5) is 26.4. The second-order valence-electron chi connectivity index (χ2n) is 5.56. The number of carbonyl (C=O) groups excluding carboxylic acids is 2. The summed E-state index contributed by atoms with van der Waals surface area (Å²) in [5, 5.41) is 3.41. The molecule has 2 aromatic rings. The van der Waals surface area contributed by atoms with Crippen LogP contribution in [0.2, 0.25) is 0 Å². The second-order valence-corrected chi connectivity index (χ2v) is 8.61. The minimum Gasteiger partial charge on any atom is -0.462 e. The van der Waals surface area contributed by atoms with E-state index in [1.165, 1.54) is 23.1 Å². The van der Waals surface area contributed by atoms with E-state index >= 15 is 0 Å². The molecule has 0 aliphatic heterocycles. The molecule has 134 valence electrons. The highest BCUT2D eigenvalue weighted by Crippen LogP contribution is 2.33. The van der Waals surface area contributed by atoms with Crippen LogP contribution in [-0.4, -0.2) is 24.2 Å². The number of ether oxygens (including phenoxy) is 1. The standard InChI is InChI=1S/C18H20BrNO3S2/c1-4-23-18(22)14-9-15(11(2)3)25-17(14)20-16(21)10-24-13-7-5-12(19)6-8-13/h5-9,11H,4,10H2,1-3H3,(H,20,21). The second kappa shape index (κ2) is 9.40. The molecular formula is C18H20BrNO3S2. The molecule has 0 saturated heterocycles. The van der Waals surface area contributed by atoms with Gasteiger partial charge in [-0.3, -0.25) is 4.79 Å². The average molecular weight is 442 g/mol. The molecular weight excluding hydrogens is 422 g/mol. The molecule has 0 saturated carbocycles. The number of halogens is 1. The Hall–Kier alpha value is -1.31. The Labute approximate surface area is 164 Å². The predicted octanol–water partition coefficient (Wildman–Crippen LogP) is 5.54. The molecule has 1 aromatic heterocycles. The molecule has 0 aliphatic rings. The fraction of sp³-hybridized carbons (Fsp3) is 0.333. The van der Waals surface area contributed by atoms with E-state index in [1.807, 2.05) is 30.3 Å². The number of hydrogen-bond donors (Lipinski definition) is 1. The first-order chi connectivity index (χ1) is 11.9. The van der Waals surface area contributed by atoms with E-state index in [9.17, 15) is 9.59 Å². The Morgan fingerprint density at radius 2 is 1.96 bits per heavy atom. The van der Waals surface area contributed by atoms with Crippen LogP contribution >= 0.6 is 39.0 Å². The van der Waals surface area contributed by atoms with Gasteiger partial charge in [-0.25, -0.2) is 4.79 Å². The number of carbonyl (C=O) groups is 2. The van der Waals surface area contributed by atoms with Crippen molar-refractivity contribution in [2.24, 2.45) is 0 Å². The molecule has 4 nitrogen and oxygen atoms in total. The van der Waals surface area contributed by atoms with Gasteiger partial charge in [-0.15, -0.1) is 23.1 Å². The van der Waals surface area contributed by atoms with Gasteiger partial charge in [0.05, 0.1) is 17.9 Å². The summed E-state index contributed by atoms with van der Waals surface area (Å²) in [6.07, 6.45) is 0. The van der Waals surface area contributed by atoms with E-state index in [0.29, 0.717) is 17.2 Å². The Bertz CT molecular complexity index is 741. The zero-order valence-corrected chi connectivity index (χ0v) is 17.5. The van der Waals surface area contributed by atoms with Crippen LogP contribution in [-0.2, 0) is 9.53 Å². The van der Waals surface area contributed by atoms with Crippen LogP contribution in [0.4, 0.5) is 5.00 Å². The van der Waals surface area contributed by atoms with E-state index < -0.39 is 5.97 Å². The normalized spacial score (nSPS) is 10.8. The minimum absolute atomic E-state index is 0.143. The number of thiophene rings is 1. The summed E-state index contributed by atoms with van der Waals surface area (Å²) in [7, 11) is 0. The lowest BCUT2D eigenvalue weighted by atomic mass is 10.1. The molecule has 0 atom stereocenters. The molecule has 0 fully saturated rings. The SMILES string of the molecule is CCOC(=O)c1cc(C(C)C)sc1NC(=O)CSc1ccc(Br)cc1. The highest BCUT2D eigenvalue weighted by Gasteiger charge is 2.20. The molecule has 1 aromatic carbocycles. The van der Waals surface area contributed by atoms with Gasteiger partial charge in [-0.2, -0.15) is 0 Å². The van der Waals surface area contributed by atoms with Gasteiger partial charge in [0.15, 0.2) is 0 Å². The highest BCUT2D eigenvalue weighted by atomic mass is 79.9. The van der Waals surface area contributed by atoms with Crippen molar-refractivity contribution in [1.82, 2.24) is 0 Å². The van der Waals surface area contributed by atoms with Crippen molar-refractivity contribution in [3.8, 4) is 0 Å². The van der Waals surface area contributed by atoms with Gasteiger partial charge < -0.3 is 10.1 Å². The molecule has 25 heavy (non-hydrogen) atoms. The van der Waals surface area contributed by atoms with Gasteiger partial charge >= 0.3 is 5.97 Å². The number of amides is 1. The predicted molar refractivity (Wildman–Crippen MR) is 108 cm³/mol. The molecule has 1 N–H and O–H groups in total. The number of benzene rings is 1. The summed E-state index contributed by atoms with van der Waals surface area (Å²) in [6, 6.07) is 9.59. The summed E-state index contributed by atoms with van der Waals surface area (Å²) in [6.45, 7) is 6.17. The van der Waals surface area contributed by atoms with Crippen molar-refractivity contribution in [2.75, 3.05) is 17.7 Å². The van der Waals surface area contributed by atoms with Crippen LogP contribution < -0.4 is 5.32 Å². The summed E-state index contributed by atoms with van der Waals surface area (Å²) >= 11 is 6.26. The highest BCUT2D eigenvalue weighted by molar-refractivity contribution is 9.10. The Kier molecular flexibility index (Phi) is 7.53. The number of anilines is 1. The molecule has 0 aliphatic carbocycles. The van der Waals surface area contributed by atoms with Gasteiger partial charge in [0.1, 0.15) is 5.00 Å². The van der Waals surface area contributed by atoms with Gasteiger partial charge in [-0.1, -0.05) is 29.8 Å². The van der Waals surface area contributed by atoms with Crippen LogP contribution in [0, 0.1) is 0 Å². The quantitative estimate of drug-likeness (QED) is 0.452. The fourth-order valence-corrected chi connectivity index (χ4v) is 4.02. The maximum absolute atomic E-state index is 12.3. The Morgan fingerprint density at radius 3 is 2.56 bits per heavy atom. The molecule has 7 heteroatoms. The van der Waals surface area contributed by atoms with E-state index in [1.54, 1.807) is 6.92 Å². The molecule has 2 rings (SSSR count). The molecule has 0 unspecified atom stereocenters. The smallest absolute Gasteiger partial charge is 0.341 e. The number of esters is 1. The zero-order valence-electron chi connectivity index (χ0n) is 14.3. The third-order valence-electron chi connectivity index (χ3n) is 3.25. The number of hydrogen-bond acceptors (Lipinski definition) is 5. The third-order valence-corrected chi connectivity index (χ3v) is 6.14.